The molecule has 0 bridgehead atoms. The molecule has 0 aliphatic heterocycles. The standard InChI is InChI=1S/C11H14N4O3S/c1-3-9-12-6-10(13-9)19(17,18)14-8-4-5-11(16)15(2)7-8/h4-7,14H,3H2,1-2H3,(H,12,13). The van der Waals surface area contributed by atoms with Crippen LogP contribution in [0.5, 0.6) is 0 Å². The predicted molar refractivity (Wildman–Crippen MR) is 70.5 cm³/mol. The van der Waals surface area contributed by atoms with Gasteiger partial charge in [-0.15, -0.1) is 0 Å². The zero-order valence-electron chi connectivity index (χ0n) is 10.5. The van der Waals surface area contributed by atoms with E-state index >= 15 is 0 Å². The molecule has 0 aliphatic carbocycles. The fourth-order valence-corrected chi connectivity index (χ4v) is 2.51. The SMILES string of the molecule is CCc1ncc(S(=O)(=O)Nc2ccc(=O)n(C)c2)[nH]1. The molecule has 7 nitrogen and oxygen atoms in total. The lowest BCUT2D eigenvalue weighted by molar-refractivity contribution is 0.598. The highest BCUT2D eigenvalue weighted by molar-refractivity contribution is 7.92. The summed E-state index contributed by atoms with van der Waals surface area (Å²) in [5, 5.41) is -0.00166. The molecule has 0 unspecified atom stereocenters. The maximum Gasteiger partial charge on any atom is 0.279 e. The minimum Gasteiger partial charge on any atom is -0.332 e. The molecule has 2 aromatic rings. The minimum absolute atomic E-state index is 0.00166. The average Bonchev–Trinajstić information content (AvgIpc) is 2.83. The van der Waals surface area contributed by atoms with Crippen LogP contribution in [-0.2, 0) is 23.5 Å². The monoisotopic (exact) mass is 282 g/mol. The molecule has 2 N–H and O–H groups in total. The van der Waals surface area contributed by atoms with Gasteiger partial charge in [-0.1, -0.05) is 6.92 Å². The Morgan fingerprint density at radius 3 is 2.74 bits per heavy atom. The summed E-state index contributed by atoms with van der Waals surface area (Å²) in [5.41, 5.74) is 0.104. The minimum atomic E-state index is -3.72. The van der Waals surface area contributed by atoms with Crippen molar-refractivity contribution in [1.29, 1.82) is 0 Å². The van der Waals surface area contributed by atoms with Gasteiger partial charge in [0, 0.05) is 25.7 Å². The van der Waals surface area contributed by atoms with Gasteiger partial charge in [0.2, 0.25) is 5.56 Å². The summed E-state index contributed by atoms with van der Waals surface area (Å²) in [4.78, 5) is 17.9. The smallest absolute Gasteiger partial charge is 0.279 e. The molecule has 0 radical (unpaired) electrons. The van der Waals surface area contributed by atoms with Crippen molar-refractivity contribution >= 4 is 15.7 Å². The number of aryl methyl sites for hydroxylation is 2. The molecule has 0 fully saturated rings. The largest absolute Gasteiger partial charge is 0.332 e. The molecule has 0 saturated heterocycles. The number of aromatic nitrogens is 3. The third kappa shape index (κ3) is 2.84. The molecule has 0 spiro atoms. The van der Waals surface area contributed by atoms with E-state index in [1.54, 1.807) is 7.05 Å². The van der Waals surface area contributed by atoms with Gasteiger partial charge in [0.15, 0.2) is 5.03 Å². The second-order valence-electron chi connectivity index (χ2n) is 4.02. The quantitative estimate of drug-likeness (QED) is 0.852. The van der Waals surface area contributed by atoms with Crippen LogP contribution in [0.15, 0.2) is 34.3 Å². The van der Waals surface area contributed by atoms with Crippen molar-refractivity contribution in [2.45, 2.75) is 18.4 Å². The van der Waals surface area contributed by atoms with Crippen LogP contribution >= 0.6 is 0 Å². The lowest BCUT2D eigenvalue weighted by Crippen LogP contribution is -2.18. The Labute approximate surface area is 110 Å². The molecule has 19 heavy (non-hydrogen) atoms. The third-order valence-electron chi connectivity index (χ3n) is 2.57. The predicted octanol–water partition coefficient (Wildman–Crippen LogP) is 0.472. The summed E-state index contributed by atoms with van der Waals surface area (Å²) < 4.78 is 27.8. The first-order valence-electron chi connectivity index (χ1n) is 5.66. The van der Waals surface area contributed by atoms with E-state index in [-0.39, 0.29) is 10.6 Å². The van der Waals surface area contributed by atoms with Crippen molar-refractivity contribution in [3.63, 3.8) is 0 Å². The van der Waals surface area contributed by atoms with Crippen molar-refractivity contribution in [2.75, 3.05) is 4.72 Å². The molecule has 0 aromatic carbocycles. The van der Waals surface area contributed by atoms with Crippen LogP contribution in [0.25, 0.3) is 0 Å². The van der Waals surface area contributed by atoms with E-state index in [1.165, 1.54) is 29.1 Å². The molecule has 102 valence electrons. The Hall–Kier alpha value is -2.09. The number of hydrogen-bond donors (Lipinski definition) is 2. The van der Waals surface area contributed by atoms with Gasteiger partial charge in [0.05, 0.1) is 11.9 Å². The van der Waals surface area contributed by atoms with Crippen LogP contribution in [0, 0.1) is 0 Å². The summed E-state index contributed by atoms with van der Waals surface area (Å²) in [6, 6.07) is 2.71. The van der Waals surface area contributed by atoms with Crippen molar-refractivity contribution in [2.24, 2.45) is 7.05 Å². The van der Waals surface area contributed by atoms with Crippen LogP contribution in [-0.4, -0.2) is 23.0 Å². The van der Waals surface area contributed by atoms with Crippen molar-refractivity contribution in [3.8, 4) is 0 Å². The van der Waals surface area contributed by atoms with Gasteiger partial charge in [-0.2, -0.15) is 8.42 Å². The van der Waals surface area contributed by atoms with Crippen molar-refractivity contribution in [3.05, 3.63) is 40.7 Å². The Morgan fingerprint density at radius 2 is 2.16 bits per heavy atom. The highest BCUT2D eigenvalue weighted by atomic mass is 32.2. The molecule has 2 rings (SSSR count). The first-order chi connectivity index (χ1) is 8.92. The second kappa shape index (κ2) is 4.88. The first-order valence-corrected chi connectivity index (χ1v) is 7.14. The van der Waals surface area contributed by atoms with Crippen molar-refractivity contribution < 1.29 is 8.42 Å². The van der Waals surface area contributed by atoms with Gasteiger partial charge in [-0.05, 0) is 6.07 Å². The van der Waals surface area contributed by atoms with Gasteiger partial charge in [0.1, 0.15) is 5.82 Å². The summed E-state index contributed by atoms with van der Waals surface area (Å²) >= 11 is 0. The number of H-pyrrole nitrogens is 1. The second-order valence-corrected chi connectivity index (χ2v) is 5.67. The Bertz CT molecular complexity index is 745. The molecule has 8 heteroatoms. The van der Waals surface area contributed by atoms with E-state index in [4.69, 9.17) is 0 Å². The van der Waals surface area contributed by atoms with Crippen LogP contribution in [0.3, 0.4) is 0 Å². The third-order valence-corrected chi connectivity index (χ3v) is 3.86. The zero-order valence-corrected chi connectivity index (χ0v) is 11.4. The molecule has 2 heterocycles. The first kappa shape index (κ1) is 13.3. The highest BCUT2D eigenvalue weighted by Gasteiger charge is 2.17. The van der Waals surface area contributed by atoms with Crippen LogP contribution in [0.4, 0.5) is 5.69 Å². The van der Waals surface area contributed by atoms with Crippen LogP contribution in [0.1, 0.15) is 12.7 Å². The molecule has 2 aromatic heterocycles. The summed E-state index contributed by atoms with van der Waals surface area (Å²) in [6.45, 7) is 1.87. The lowest BCUT2D eigenvalue weighted by atomic mass is 10.4. The van der Waals surface area contributed by atoms with Crippen LogP contribution < -0.4 is 10.3 Å². The van der Waals surface area contributed by atoms with E-state index in [9.17, 15) is 13.2 Å². The van der Waals surface area contributed by atoms with Crippen LogP contribution in [0.2, 0.25) is 0 Å². The van der Waals surface area contributed by atoms with E-state index in [1.807, 2.05) is 6.92 Å². The Morgan fingerprint density at radius 1 is 1.42 bits per heavy atom. The highest BCUT2D eigenvalue weighted by Crippen LogP contribution is 2.13. The van der Waals surface area contributed by atoms with Gasteiger partial charge < -0.3 is 9.55 Å². The summed E-state index contributed by atoms with van der Waals surface area (Å²) in [5.74, 6) is 0.598. The van der Waals surface area contributed by atoms with E-state index < -0.39 is 10.0 Å². The normalized spacial score (nSPS) is 11.5. The van der Waals surface area contributed by atoms with E-state index in [2.05, 4.69) is 14.7 Å². The number of rotatable bonds is 4. The van der Waals surface area contributed by atoms with Crippen molar-refractivity contribution in [1.82, 2.24) is 14.5 Å². The van der Waals surface area contributed by atoms with Gasteiger partial charge in [-0.3, -0.25) is 9.52 Å². The van der Waals surface area contributed by atoms with E-state index in [0.29, 0.717) is 17.9 Å². The van der Waals surface area contributed by atoms with Gasteiger partial charge in [-0.25, -0.2) is 4.98 Å². The van der Waals surface area contributed by atoms with E-state index in [0.717, 1.165) is 0 Å². The molecule has 0 aliphatic rings. The Kier molecular flexibility index (Phi) is 3.43. The van der Waals surface area contributed by atoms with Gasteiger partial charge in [0.25, 0.3) is 10.0 Å². The number of nitrogens with one attached hydrogen (secondary N) is 2. The zero-order chi connectivity index (χ0) is 14.0. The number of sulfonamides is 1. The lowest BCUT2D eigenvalue weighted by Gasteiger charge is -2.07. The molecule has 0 atom stereocenters. The molecular weight excluding hydrogens is 268 g/mol. The fraction of sp³-hybridized carbons (Fsp3) is 0.273. The molecule has 0 saturated carbocycles. The molecular formula is C11H14N4O3S. The van der Waals surface area contributed by atoms with Gasteiger partial charge >= 0.3 is 0 Å². The average molecular weight is 282 g/mol. The fourth-order valence-electron chi connectivity index (χ4n) is 1.52. The summed E-state index contributed by atoms with van der Waals surface area (Å²) in [6.07, 6.45) is 3.30. The number of imidazole rings is 1. The number of anilines is 1. The number of hydrogen-bond acceptors (Lipinski definition) is 4. The topological polar surface area (TPSA) is 96.8 Å². The maximum absolute atomic E-state index is 12.1. The maximum atomic E-state index is 12.1. The Balaban J connectivity index is 2.30. The summed E-state index contributed by atoms with van der Waals surface area (Å²) in [7, 11) is -2.17. The number of nitrogens with zero attached hydrogens (tertiary/aromatic N) is 2. The number of pyridine rings is 1. The molecule has 0 amide bonds. The number of aromatic amines is 1.